The fourth-order valence-corrected chi connectivity index (χ4v) is 3.15. The number of thiazole rings is 1. The van der Waals surface area contributed by atoms with Crippen LogP contribution >= 0.6 is 11.3 Å². The number of likely N-dealkylation sites (N-methyl/N-ethyl adjacent to an activating group) is 1. The van der Waals surface area contributed by atoms with Gasteiger partial charge in [0.25, 0.3) is 5.56 Å². The van der Waals surface area contributed by atoms with Crippen molar-refractivity contribution in [2.45, 2.75) is 40.0 Å². The maximum Gasteiger partial charge on any atom is 0.254 e. The van der Waals surface area contributed by atoms with E-state index in [2.05, 4.69) is 15.0 Å². The van der Waals surface area contributed by atoms with Gasteiger partial charge >= 0.3 is 0 Å². The summed E-state index contributed by atoms with van der Waals surface area (Å²) in [5, 5.41) is 1.04. The molecule has 0 spiro atoms. The maximum absolute atomic E-state index is 12.2. The minimum Gasteiger partial charge on any atom is -0.345 e. The SMILES string of the molecule is Cc1nc(C)c(CCC(=O)N(C)CCc2ncc(C)s2)c(=O)[nH]1. The highest BCUT2D eigenvalue weighted by Gasteiger charge is 2.13. The van der Waals surface area contributed by atoms with Gasteiger partial charge < -0.3 is 9.88 Å². The van der Waals surface area contributed by atoms with Gasteiger partial charge in [-0.3, -0.25) is 9.59 Å². The average molecular weight is 334 g/mol. The van der Waals surface area contributed by atoms with Crippen LogP contribution in [0, 0.1) is 20.8 Å². The highest BCUT2D eigenvalue weighted by Crippen LogP contribution is 2.12. The van der Waals surface area contributed by atoms with E-state index in [4.69, 9.17) is 0 Å². The molecule has 1 N–H and O–H groups in total. The molecule has 0 saturated heterocycles. The largest absolute Gasteiger partial charge is 0.345 e. The van der Waals surface area contributed by atoms with Gasteiger partial charge in [-0.25, -0.2) is 9.97 Å². The van der Waals surface area contributed by atoms with Crippen molar-refractivity contribution in [3.63, 3.8) is 0 Å². The molecule has 1 amide bonds. The molecular weight excluding hydrogens is 312 g/mol. The summed E-state index contributed by atoms with van der Waals surface area (Å²) >= 11 is 1.65. The van der Waals surface area contributed by atoms with Gasteiger partial charge in [0.1, 0.15) is 5.82 Å². The number of hydrogen-bond donors (Lipinski definition) is 1. The lowest BCUT2D eigenvalue weighted by molar-refractivity contribution is -0.129. The van der Waals surface area contributed by atoms with Gasteiger partial charge in [0.05, 0.1) is 5.01 Å². The average Bonchev–Trinajstić information content (AvgIpc) is 2.89. The molecule has 0 radical (unpaired) electrons. The minimum atomic E-state index is -0.149. The molecule has 0 fully saturated rings. The van der Waals surface area contributed by atoms with E-state index < -0.39 is 0 Å². The number of carbonyl (C=O) groups is 1. The highest BCUT2D eigenvalue weighted by atomic mass is 32.1. The third-order valence-electron chi connectivity index (χ3n) is 3.69. The monoisotopic (exact) mass is 334 g/mol. The van der Waals surface area contributed by atoms with E-state index in [1.165, 1.54) is 4.88 Å². The van der Waals surface area contributed by atoms with Crippen LogP contribution in [0.15, 0.2) is 11.0 Å². The van der Waals surface area contributed by atoms with Gasteiger partial charge in [-0.15, -0.1) is 11.3 Å². The Labute approximate surface area is 139 Å². The first kappa shape index (κ1) is 17.3. The van der Waals surface area contributed by atoms with Gasteiger partial charge in [-0.2, -0.15) is 0 Å². The van der Waals surface area contributed by atoms with Crippen LogP contribution in [-0.2, 0) is 17.6 Å². The van der Waals surface area contributed by atoms with Crippen molar-refractivity contribution in [1.82, 2.24) is 19.9 Å². The summed E-state index contributed by atoms with van der Waals surface area (Å²) in [6.45, 7) is 6.20. The van der Waals surface area contributed by atoms with E-state index in [9.17, 15) is 9.59 Å². The van der Waals surface area contributed by atoms with Gasteiger partial charge in [0, 0.05) is 48.8 Å². The van der Waals surface area contributed by atoms with Gasteiger partial charge in [-0.1, -0.05) is 0 Å². The van der Waals surface area contributed by atoms with Crippen molar-refractivity contribution in [3.8, 4) is 0 Å². The number of nitrogens with one attached hydrogen (secondary N) is 1. The Morgan fingerprint density at radius 2 is 2.04 bits per heavy atom. The van der Waals surface area contributed by atoms with E-state index in [-0.39, 0.29) is 11.5 Å². The van der Waals surface area contributed by atoms with Gasteiger partial charge in [0.15, 0.2) is 0 Å². The second-order valence-corrected chi connectivity index (χ2v) is 6.96. The Morgan fingerprint density at radius 1 is 1.30 bits per heavy atom. The Hall–Kier alpha value is -2.02. The summed E-state index contributed by atoms with van der Waals surface area (Å²) in [5.41, 5.74) is 1.14. The molecule has 2 aromatic rings. The lowest BCUT2D eigenvalue weighted by Gasteiger charge is -2.16. The molecule has 0 unspecified atom stereocenters. The van der Waals surface area contributed by atoms with E-state index in [0.717, 1.165) is 11.4 Å². The number of nitrogens with zero attached hydrogens (tertiary/aromatic N) is 3. The van der Waals surface area contributed by atoms with Crippen LogP contribution < -0.4 is 5.56 Å². The quantitative estimate of drug-likeness (QED) is 0.873. The van der Waals surface area contributed by atoms with Crippen molar-refractivity contribution >= 4 is 17.2 Å². The fraction of sp³-hybridized carbons (Fsp3) is 0.500. The summed E-state index contributed by atoms with van der Waals surface area (Å²) in [6, 6.07) is 0. The molecule has 0 aromatic carbocycles. The van der Waals surface area contributed by atoms with Crippen molar-refractivity contribution in [2.75, 3.05) is 13.6 Å². The molecule has 6 nitrogen and oxygen atoms in total. The summed E-state index contributed by atoms with van der Waals surface area (Å²) in [7, 11) is 1.78. The normalized spacial score (nSPS) is 10.8. The van der Waals surface area contributed by atoms with Crippen LogP contribution in [0.4, 0.5) is 0 Å². The molecule has 0 bridgehead atoms. The molecule has 0 saturated carbocycles. The first-order valence-electron chi connectivity index (χ1n) is 7.58. The Balaban J connectivity index is 1.88. The number of aromatic amines is 1. The number of hydrogen-bond acceptors (Lipinski definition) is 5. The van der Waals surface area contributed by atoms with Crippen molar-refractivity contribution in [2.24, 2.45) is 0 Å². The molecule has 23 heavy (non-hydrogen) atoms. The second kappa shape index (κ2) is 7.50. The number of amides is 1. The van der Waals surface area contributed by atoms with Crippen LogP contribution in [0.3, 0.4) is 0 Å². The number of aryl methyl sites for hydroxylation is 3. The van der Waals surface area contributed by atoms with Gasteiger partial charge in [0.2, 0.25) is 5.91 Å². The van der Waals surface area contributed by atoms with E-state index >= 15 is 0 Å². The molecule has 2 heterocycles. The maximum atomic E-state index is 12.2. The van der Waals surface area contributed by atoms with Crippen LogP contribution in [0.1, 0.15) is 33.4 Å². The van der Waals surface area contributed by atoms with E-state index in [0.29, 0.717) is 36.5 Å². The third kappa shape index (κ3) is 4.72. The summed E-state index contributed by atoms with van der Waals surface area (Å²) in [5.74, 6) is 0.621. The number of aromatic nitrogens is 3. The second-order valence-electron chi connectivity index (χ2n) is 5.65. The summed E-state index contributed by atoms with van der Waals surface area (Å²) < 4.78 is 0. The summed E-state index contributed by atoms with van der Waals surface area (Å²) in [4.78, 5) is 38.2. The molecule has 0 aliphatic rings. The molecule has 7 heteroatoms. The molecule has 0 aliphatic carbocycles. The smallest absolute Gasteiger partial charge is 0.254 e. The van der Waals surface area contributed by atoms with Crippen LogP contribution in [0.2, 0.25) is 0 Å². The van der Waals surface area contributed by atoms with Gasteiger partial charge in [-0.05, 0) is 27.2 Å². The lowest BCUT2D eigenvalue weighted by atomic mass is 10.1. The first-order chi connectivity index (χ1) is 10.9. The van der Waals surface area contributed by atoms with Crippen LogP contribution in [0.5, 0.6) is 0 Å². The molecule has 124 valence electrons. The van der Waals surface area contributed by atoms with Crippen molar-refractivity contribution in [1.29, 1.82) is 0 Å². The predicted octanol–water partition coefficient (Wildman–Crippen LogP) is 1.79. The fourth-order valence-electron chi connectivity index (χ4n) is 2.37. The number of H-pyrrole nitrogens is 1. The minimum absolute atomic E-state index is 0.0256. The zero-order valence-corrected chi connectivity index (χ0v) is 14.8. The highest BCUT2D eigenvalue weighted by molar-refractivity contribution is 7.11. The Bertz CT molecular complexity index is 751. The lowest BCUT2D eigenvalue weighted by Crippen LogP contribution is -2.30. The molecule has 2 rings (SSSR count). The zero-order valence-electron chi connectivity index (χ0n) is 14.0. The summed E-state index contributed by atoms with van der Waals surface area (Å²) in [6.07, 6.45) is 3.32. The van der Waals surface area contributed by atoms with Crippen molar-refractivity contribution in [3.05, 3.63) is 43.5 Å². The van der Waals surface area contributed by atoms with Crippen LogP contribution in [-0.4, -0.2) is 39.4 Å². The first-order valence-corrected chi connectivity index (χ1v) is 8.40. The standard InChI is InChI=1S/C16H22N4O2S/c1-10-9-17-14(23-10)7-8-20(4)15(21)6-5-13-11(2)18-12(3)19-16(13)22/h9H,5-8H2,1-4H3,(H,18,19,22). The molecule has 2 aromatic heterocycles. The van der Waals surface area contributed by atoms with Crippen LogP contribution in [0.25, 0.3) is 0 Å². The van der Waals surface area contributed by atoms with Crippen molar-refractivity contribution < 1.29 is 4.79 Å². The molecular formula is C16H22N4O2S. The Morgan fingerprint density at radius 3 is 2.65 bits per heavy atom. The third-order valence-corrected chi connectivity index (χ3v) is 4.66. The van der Waals surface area contributed by atoms with E-state index in [1.54, 1.807) is 37.1 Å². The Kier molecular flexibility index (Phi) is 5.65. The predicted molar refractivity (Wildman–Crippen MR) is 90.8 cm³/mol. The molecule has 0 aliphatic heterocycles. The van der Waals surface area contributed by atoms with E-state index in [1.807, 2.05) is 13.1 Å². The zero-order chi connectivity index (χ0) is 17.0. The molecule has 0 atom stereocenters. The number of rotatable bonds is 6. The topological polar surface area (TPSA) is 79.0 Å². The number of carbonyl (C=O) groups excluding carboxylic acids is 1.